The quantitative estimate of drug-likeness (QED) is 0.463. The maximum atomic E-state index is 13.4. The average molecular weight is 364 g/mol. The standard InChI is InChI=1S/C20H28O6/c1-9-12-10(21)7-11-18-6-4-5-17(2,3)13(18)16(24)20(25,26-8-18)19(11,14(9)22)15(12)23/h10-13,15-16,21,23-25H,1,4-8H2,2-3H3. The summed E-state index contributed by atoms with van der Waals surface area (Å²) in [4.78, 5) is 13.4. The summed E-state index contributed by atoms with van der Waals surface area (Å²) in [6, 6.07) is 0. The first-order chi connectivity index (χ1) is 12.1. The van der Waals surface area contributed by atoms with Crippen LogP contribution in [-0.4, -0.2) is 56.9 Å². The van der Waals surface area contributed by atoms with Gasteiger partial charge in [0.1, 0.15) is 11.5 Å². The van der Waals surface area contributed by atoms with Crippen molar-refractivity contribution in [1.82, 2.24) is 0 Å². The number of Topliss-reactive ketones (excluding diaryl/α,β-unsaturated/α-hetero) is 1. The highest BCUT2D eigenvalue weighted by Crippen LogP contribution is 2.76. The number of rotatable bonds is 0. The molecule has 2 saturated heterocycles. The molecule has 6 nitrogen and oxygen atoms in total. The Hall–Kier alpha value is -0.790. The predicted molar refractivity (Wildman–Crippen MR) is 90.7 cm³/mol. The van der Waals surface area contributed by atoms with Crippen LogP contribution in [0.15, 0.2) is 12.2 Å². The number of aliphatic hydroxyl groups is 4. The van der Waals surface area contributed by atoms with E-state index in [1.54, 1.807) is 0 Å². The molecule has 144 valence electrons. The molecule has 2 aliphatic heterocycles. The molecule has 4 saturated carbocycles. The van der Waals surface area contributed by atoms with Crippen molar-refractivity contribution in [3.05, 3.63) is 12.2 Å². The molecule has 9 atom stereocenters. The smallest absolute Gasteiger partial charge is 0.208 e. The Morgan fingerprint density at radius 1 is 1.15 bits per heavy atom. The molecule has 2 heterocycles. The zero-order valence-electron chi connectivity index (χ0n) is 15.3. The minimum absolute atomic E-state index is 0.146. The zero-order valence-corrected chi connectivity index (χ0v) is 15.3. The Morgan fingerprint density at radius 3 is 2.54 bits per heavy atom. The van der Waals surface area contributed by atoms with E-state index >= 15 is 0 Å². The molecule has 0 aromatic carbocycles. The van der Waals surface area contributed by atoms with E-state index in [1.807, 2.05) is 0 Å². The van der Waals surface area contributed by atoms with E-state index in [9.17, 15) is 25.2 Å². The lowest BCUT2D eigenvalue weighted by Gasteiger charge is -2.74. The summed E-state index contributed by atoms with van der Waals surface area (Å²) in [5.41, 5.74) is -2.26. The van der Waals surface area contributed by atoms with Crippen LogP contribution in [0.4, 0.5) is 0 Å². The van der Waals surface area contributed by atoms with Crippen LogP contribution < -0.4 is 0 Å². The van der Waals surface area contributed by atoms with Gasteiger partial charge >= 0.3 is 0 Å². The summed E-state index contributed by atoms with van der Waals surface area (Å²) in [5.74, 6) is -4.08. The van der Waals surface area contributed by atoms with Gasteiger partial charge in [0.25, 0.3) is 0 Å². The number of hydrogen-bond acceptors (Lipinski definition) is 6. The number of ketones is 1. The molecule has 0 amide bonds. The lowest BCUT2D eigenvalue weighted by molar-refractivity contribution is -0.451. The molecule has 6 fully saturated rings. The highest BCUT2D eigenvalue weighted by Gasteiger charge is 2.86. The van der Waals surface area contributed by atoms with Crippen LogP contribution in [0, 0.1) is 34.0 Å². The first kappa shape index (κ1) is 17.3. The highest BCUT2D eigenvalue weighted by atomic mass is 16.6. The maximum Gasteiger partial charge on any atom is 0.208 e. The predicted octanol–water partition coefficient (Wildman–Crippen LogP) is 0.376. The number of carbonyl (C=O) groups is 1. The molecule has 0 aromatic rings. The van der Waals surface area contributed by atoms with Gasteiger partial charge in [0.2, 0.25) is 5.79 Å². The van der Waals surface area contributed by atoms with Crippen molar-refractivity contribution in [2.75, 3.05) is 6.61 Å². The van der Waals surface area contributed by atoms with E-state index < -0.39 is 52.5 Å². The van der Waals surface area contributed by atoms with E-state index in [0.717, 1.165) is 19.3 Å². The fraction of sp³-hybridized carbons (Fsp3) is 0.850. The molecule has 9 unspecified atom stereocenters. The van der Waals surface area contributed by atoms with E-state index in [1.165, 1.54) is 0 Å². The maximum absolute atomic E-state index is 13.4. The Labute approximate surface area is 152 Å². The fourth-order valence-corrected chi connectivity index (χ4v) is 8.00. The van der Waals surface area contributed by atoms with Crippen molar-refractivity contribution in [1.29, 1.82) is 0 Å². The molecule has 6 heteroatoms. The van der Waals surface area contributed by atoms with Crippen LogP contribution >= 0.6 is 0 Å². The second-order valence-electron chi connectivity index (χ2n) is 10.0. The van der Waals surface area contributed by atoms with Crippen LogP contribution in [0.25, 0.3) is 0 Å². The third-order valence-corrected chi connectivity index (χ3v) is 8.81. The molecule has 26 heavy (non-hydrogen) atoms. The first-order valence-electron chi connectivity index (χ1n) is 9.70. The van der Waals surface area contributed by atoms with Crippen molar-refractivity contribution < 1.29 is 30.0 Å². The summed E-state index contributed by atoms with van der Waals surface area (Å²) in [6.07, 6.45) is -0.512. The van der Waals surface area contributed by atoms with Crippen LogP contribution in [-0.2, 0) is 9.53 Å². The molecular weight excluding hydrogens is 336 g/mol. The second kappa shape index (κ2) is 4.61. The number of ether oxygens (including phenoxy) is 1. The molecule has 6 aliphatic rings. The van der Waals surface area contributed by atoms with Gasteiger partial charge < -0.3 is 25.2 Å². The SMILES string of the molecule is C=C1C(=O)C23C(O)C1C(O)CC2C12CCCC(C)(C)C1C(O)C3(O)OC2. The van der Waals surface area contributed by atoms with E-state index in [2.05, 4.69) is 20.4 Å². The van der Waals surface area contributed by atoms with Gasteiger partial charge in [0, 0.05) is 17.3 Å². The summed E-state index contributed by atoms with van der Waals surface area (Å²) >= 11 is 0. The molecule has 2 spiro atoms. The molecule has 6 rings (SSSR count). The first-order valence-corrected chi connectivity index (χ1v) is 9.70. The molecule has 4 bridgehead atoms. The van der Waals surface area contributed by atoms with Crippen LogP contribution in [0.3, 0.4) is 0 Å². The van der Waals surface area contributed by atoms with Crippen molar-refractivity contribution in [3.8, 4) is 0 Å². The Morgan fingerprint density at radius 2 is 1.85 bits per heavy atom. The lowest BCUT2D eigenvalue weighted by Crippen LogP contribution is -2.84. The fourth-order valence-electron chi connectivity index (χ4n) is 8.00. The van der Waals surface area contributed by atoms with Crippen LogP contribution in [0.5, 0.6) is 0 Å². The number of carbonyl (C=O) groups excluding carboxylic acids is 1. The Bertz CT molecular complexity index is 717. The Balaban J connectivity index is 1.80. The van der Waals surface area contributed by atoms with E-state index in [4.69, 9.17) is 4.74 Å². The van der Waals surface area contributed by atoms with Crippen molar-refractivity contribution in [2.24, 2.45) is 34.0 Å². The molecule has 4 aliphatic carbocycles. The number of hydrogen-bond donors (Lipinski definition) is 4. The van der Waals surface area contributed by atoms with Gasteiger partial charge in [-0.05, 0) is 36.2 Å². The van der Waals surface area contributed by atoms with Gasteiger partial charge in [-0.3, -0.25) is 4.79 Å². The Kier molecular flexibility index (Phi) is 3.07. The van der Waals surface area contributed by atoms with Crippen LogP contribution in [0.2, 0.25) is 0 Å². The summed E-state index contributed by atoms with van der Waals surface area (Å²) in [5, 5.41) is 44.8. The van der Waals surface area contributed by atoms with Gasteiger partial charge in [-0.2, -0.15) is 0 Å². The minimum atomic E-state index is -2.15. The summed E-state index contributed by atoms with van der Waals surface area (Å²) in [6.45, 7) is 8.24. The highest BCUT2D eigenvalue weighted by molar-refractivity contribution is 6.05. The van der Waals surface area contributed by atoms with Crippen LogP contribution in [0.1, 0.15) is 39.5 Å². The normalized spacial score (nSPS) is 59.9. The van der Waals surface area contributed by atoms with Gasteiger partial charge in [0.15, 0.2) is 5.78 Å². The molecular formula is C20H28O6. The van der Waals surface area contributed by atoms with Gasteiger partial charge in [-0.1, -0.05) is 26.8 Å². The summed E-state index contributed by atoms with van der Waals surface area (Å²) < 4.78 is 5.85. The van der Waals surface area contributed by atoms with Crippen molar-refractivity contribution in [2.45, 2.75) is 63.6 Å². The molecule has 0 aromatic heterocycles. The number of fused-ring (bicyclic) bond motifs is 2. The van der Waals surface area contributed by atoms with Gasteiger partial charge in [-0.15, -0.1) is 0 Å². The lowest BCUT2D eigenvalue weighted by atomic mass is 9.36. The summed E-state index contributed by atoms with van der Waals surface area (Å²) in [7, 11) is 0. The zero-order chi connectivity index (χ0) is 18.9. The third kappa shape index (κ3) is 1.44. The van der Waals surface area contributed by atoms with E-state index in [-0.39, 0.29) is 23.5 Å². The molecule has 4 N–H and O–H groups in total. The van der Waals surface area contributed by atoms with Crippen molar-refractivity contribution >= 4 is 5.78 Å². The van der Waals surface area contributed by atoms with E-state index in [0.29, 0.717) is 6.42 Å². The van der Waals surface area contributed by atoms with Crippen molar-refractivity contribution in [3.63, 3.8) is 0 Å². The number of aliphatic hydroxyl groups excluding tert-OH is 3. The third-order valence-electron chi connectivity index (χ3n) is 8.81. The second-order valence-corrected chi connectivity index (χ2v) is 10.0. The largest absolute Gasteiger partial charge is 0.392 e. The van der Waals surface area contributed by atoms with Gasteiger partial charge in [0.05, 0.1) is 18.8 Å². The average Bonchev–Trinajstić information content (AvgIpc) is 2.68. The minimum Gasteiger partial charge on any atom is -0.392 e. The molecule has 0 radical (unpaired) electrons. The van der Waals surface area contributed by atoms with Gasteiger partial charge in [-0.25, -0.2) is 0 Å². The monoisotopic (exact) mass is 364 g/mol. The topological polar surface area (TPSA) is 107 Å².